The Morgan fingerprint density at radius 2 is 1.49 bits per heavy atom. The molecule has 0 saturated carbocycles. The molecule has 0 heterocycles. The molecule has 0 spiro atoms. The fourth-order valence-electron chi connectivity index (χ4n) is 3.19. The zero-order valence-electron chi connectivity index (χ0n) is 20.4. The van der Waals surface area contributed by atoms with Crippen molar-refractivity contribution < 1.29 is 19.1 Å². The summed E-state index contributed by atoms with van der Waals surface area (Å²) in [5.41, 5.74) is 3.32. The number of esters is 1. The number of ketones is 1. The monoisotopic (exact) mass is 469 g/mol. The molecule has 0 aromatic heterocycles. The van der Waals surface area contributed by atoms with Gasteiger partial charge >= 0.3 is 5.97 Å². The predicted octanol–water partition coefficient (Wildman–Crippen LogP) is 6.45. The van der Waals surface area contributed by atoms with Crippen molar-refractivity contribution in [1.82, 2.24) is 0 Å². The van der Waals surface area contributed by atoms with Crippen molar-refractivity contribution in [2.45, 2.75) is 19.8 Å². The van der Waals surface area contributed by atoms with Gasteiger partial charge in [0.05, 0.1) is 6.61 Å². The standard InChI is InChI=1S/C30H31NO4/c1-4-5-21-34-27-17-11-24(12-18-27)14-20-30(33)35-28-8-6-7-25(22-28)29(32)19-13-23-9-15-26(16-10-23)31(2)3/h6-20,22H,4-5,21H2,1-3H3/b19-13+,20-14+. The minimum absolute atomic E-state index is 0.170. The second-order valence-corrected chi connectivity index (χ2v) is 8.24. The summed E-state index contributed by atoms with van der Waals surface area (Å²) in [6.45, 7) is 2.81. The number of hydrogen-bond donors (Lipinski definition) is 0. The highest BCUT2D eigenvalue weighted by atomic mass is 16.5. The summed E-state index contributed by atoms with van der Waals surface area (Å²) in [6.07, 6.45) is 8.42. The third-order valence-corrected chi connectivity index (χ3v) is 5.23. The number of carbonyl (C=O) groups excluding carboxylic acids is 2. The molecule has 180 valence electrons. The van der Waals surface area contributed by atoms with E-state index in [1.54, 1.807) is 36.4 Å². The maximum absolute atomic E-state index is 12.6. The van der Waals surface area contributed by atoms with E-state index in [1.165, 1.54) is 12.2 Å². The molecule has 3 aromatic carbocycles. The molecule has 3 aromatic rings. The van der Waals surface area contributed by atoms with Gasteiger partial charge in [0.1, 0.15) is 11.5 Å². The first-order valence-electron chi connectivity index (χ1n) is 11.7. The third-order valence-electron chi connectivity index (χ3n) is 5.23. The van der Waals surface area contributed by atoms with Crippen LogP contribution in [-0.2, 0) is 4.79 Å². The van der Waals surface area contributed by atoms with Gasteiger partial charge in [0.15, 0.2) is 5.78 Å². The zero-order valence-corrected chi connectivity index (χ0v) is 20.4. The number of hydrogen-bond acceptors (Lipinski definition) is 5. The van der Waals surface area contributed by atoms with Crippen LogP contribution in [0.3, 0.4) is 0 Å². The van der Waals surface area contributed by atoms with Gasteiger partial charge in [-0.05, 0) is 66.1 Å². The summed E-state index contributed by atoms with van der Waals surface area (Å²) in [4.78, 5) is 26.9. The molecule has 0 aliphatic rings. The highest BCUT2D eigenvalue weighted by Gasteiger charge is 2.06. The molecular formula is C30H31NO4. The summed E-state index contributed by atoms with van der Waals surface area (Å²) >= 11 is 0. The predicted molar refractivity (Wildman–Crippen MR) is 142 cm³/mol. The summed E-state index contributed by atoms with van der Waals surface area (Å²) in [5, 5.41) is 0. The molecule has 0 aliphatic carbocycles. The Hall–Kier alpha value is -4.12. The molecule has 0 unspecified atom stereocenters. The minimum atomic E-state index is -0.519. The first-order chi connectivity index (χ1) is 16.9. The van der Waals surface area contributed by atoms with E-state index in [0.717, 1.165) is 35.4 Å². The van der Waals surface area contributed by atoms with Crippen LogP contribution in [0.25, 0.3) is 12.2 Å². The van der Waals surface area contributed by atoms with E-state index in [0.29, 0.717) is 17.9 Å². The minimum Gasteiger partial charge on any atom is -0.494 e. The Kier molecular flexibility index (Phi) is 9.43. The molecule has 35 heavy (non-hydrogen) atoms. The average molecular weight is 470 g/mol. The Morgan fingerprint density at radius 3 is 2.14 bits per heavy atom. The number of anilines is 1. The van der Waals surface area contributed by atoms with Crippen molar-refractivity contribution in [1.29, 1.82) is 0 Å². The lowest BCUT2D eigenvalue weighted by Gasteiger charge is -2.11. The molecule has 5 heteroatoms. The Bertz CT molecular complexity index is 1180. The van der Waals surface area contributed by atoms with Crippen LogP contribution in [0.1, 0.15) is 41.3 Å². The first-order valence-corrected chi connectivity index (χ1v) is 11.7. The lowest BCUT2D eigenvalue weighted by molar-refractivity contribution is -0.128. The smallest absolute Gasteiger partial charge is 0.336 e. The maximum atomic E-state index is 12.6. The molecule has 0 aliphatic heterocycles. The van der Waals surface area contributed by atoms with Crippen molar-refractivity contribution in [3.05, 3.63) is 102 Å². The fraction of sp³-hybridized carbons (Fsp3) is 0.200. The van der Waals surface area contributed by atoms with Crippen molar-refractivity contribution in [3.8, 4) is 11.5 Å². The number of rotatable bonds is 11. The number of benzene rings is 3. The van der Waals surface area contributed by atoms with Gasteiger partial charge in [-0.15, -0.1) is 0 Å². The van der Waals surface area contributed by atoms with E-state index < -0.39 is 5.97 Å². The van der Waals surface area contributed by atoms with Crippen LogP contribution >= 0.6 is 0 Å². The highest BCUT2D eigenvalue weighted by molar-refractivity contribution is 6.07. The number of carbonyl (C=O) groups is 2. The maximum Gasteiger partial charge on any atom is 0.336 e. The Labute approximate surface area is 207 Å². The summed E-state index contributed by atoms with van der Waals surface area (Å²) in [5.74, 6) is 0.430. The Morgan fingerprint density at radius 1 is 0.829 bits per heavy atom. The number of allylic oxidation sites excluding steroid dienone is 1. The Balaban J connectivity index is 1.56. The molecule has 0 fully saturated rings. The van der Waals surface area contributed by atoms with Gasteiger partial charge in [-0.3, -0.25) is 4.79 Å². The van der Waals surface area contributed by atoms with Gasteiger partial charge in [-0.25, -0.2) is 4.79 Å². The molecule has 3 rings (SSSR count). The van der Waals surface area contributed by atoms with Gasteiger partial charge in [-0.1, -0.05) is 55.8 Å². The largest absolute Gasteiger partial charge is 0.494 e. The van der Waals surface area contributed by atoms with Gasteiger partial charge in [0.25, 0.3) is 0 Å². The van der Waals surface area contributed by atoms with Crippen LogP contribution in [0.4, 0.5) is 5.69 Å². The van der Waals surface area contributed by atoms with E-state index in [1.807, 2.05) is 67.5 Å². The van der Waals surface area contributed by atoms with E-state index in [9.17, 15) is 9.59 Å². The van der Waals surface area contributed by atoms with Gasteiger partial charge in [0, 0.05) is 31.4 Å². The van der Waals surface area contributed by atoms with Crippen LogP contribution < -0.4 is 14.4 Å². The fourth-order valence-corrected chi connectivity index (χ4v) is 3.19. The summed E-state index contributed by atoms with van der Waals surface area (Å²) in [6, 6.07) is 22.0. The molecule has 0 N–H and O–H groups in total. The van der Waals surface area contributed by atoms with Crippen molar-refractivity contribution in [2.24, 2.45) is 0 Å². The molecule has 0 amide bonds. The van der Waals surface area contributed by atoms with E-state index in [4.69, 9.17) is 9.47 Å². The SMILES string of the molecule is CCCCOc1ccc(/C=C/C(=O)Oc2cccc(C(=O)/C=C/c3ccc(N(C)C)cc3)c2)cc1. The van der Waals surface area contributed by atoms with E-state index >= 15 is 0 Å². The van der Waals surface area contributed by atoms with Crippen LogP contribution in [-0.4, -0.2) is 32.5 Å². The zero-order chi connectivity index (χ0) is 25.0. The molecule has 0 radical (unpaired) electrons. The van der Waals surface area contributed by atoms with Crippen molar-refractivity contribution in [3.63, 3.8) is 0 Å². The average Bonchev–Trinajstić information content (AvgIpc) is 2.87. The summed E-state index contributed by atoms with van der Waals surface area (Å²) < 4.78 is 11.0. The second-order valence-electron chi connectivity index (χ2n) is 8.24. The topological polar surface area (TPSA) is 55.8 Å². The van der Waals surface area contributed by atoms with Crippen molar-refractivity contribution in [2.75, 3.05) is 25.6 Å². The second kappa shape index (κ2) is 12.9. The molecule has 0 atom stereocenters. The van der Waals surface area contributed by atoms with Crippen molar-refractivity contribution >= 4 is 29.6 Å². The number of nitrogens with zero attached hydrogens (tertiary/aromatic N) is 1. The van der Waals surface area contributed by atoms with Gasteiger partial charge in [-0.2, -0.15) is 0 Å². The quantitative estimate of drug-likeness (QED) is 0.106. The number of unbranched alkanes of at least 4 members (excludes halogenated alkanes) is 1. The lowest BCUT2D eigenvalue weighted by atomic mass is 10.1. The van der Waals surface area contributed by atoms with Gasteiger partial charge < -0.3 is 14.4 Å². The van der Waals surface area contributed by atoms with Crippen LogP contribution in [0.15, 0.2) is 84.9 Å². The molecule has 0 saturated heterocycles. The molecule has 5 nitrogen and oxygen atoms in total. The summed E-state index contributed by atoms with van der Waals surface area (Å²) in [7, 11) is 3.96. The third kappa shape index (κ3) is 8.31. The molecular weight excluding hydrogens is 438 g/mol. The first kappa shape index (κ1) is 25.5. The van der Waals surface area contributed by atoms with E-state index in [2.05, 4.69) is 6.92 Å². The highest BCUT2D eigenvalue weighted by Crippen LogP contribution is 2.17. The van der Waals surface area contributed by atoms with Crippen LogP contribution in [0.2, 0.25) is 0 Å². The van der Waals surface area contributed by atoms with Crippen LogP contribution in [0, 0.1) is 0 Å². The lowest BCUT2D eigenvalue weighted by Crippen LogP contribution is -2.07. The van der Waals surface area contributed by atoms with Gasteiger partial charge in [0.2, 0.25) is 0 Å². The molecule has 0 bridgehead atoms. The van der Waals surface area contributed by atoms with Crippen LogP contribution in [0.5, 0.6) is 11.5 Å². The normalized spacial score (nSPS) is 11.1. The number of ether oxygens (including phenoxy) is 2. The van der Waals surface area contributed by atoms with E-state index in [-0.39, 0.29) is 5.78 Å².